The Bertz CT molecular complexity index is 790. The van der Waals surface area contributed by atoms with E-state index >= 15 is 0 Å². The van der Waals surface area contributed by atoms with Crippen LogP contribution in [0.2, 0.25) is 0 Å². The first-order valence-corrected chi connectivity index (χ1v) is 8.94. The third-order valence-corrected chi connectivity index (χ3v) is 4.75. The van der Waals surface area contributed by atoms with E-state index in [1.807, 2.05) is 23.1 Å². The SMILES string of the molecule is CC(=O)c1cccc(CNC2CCCN(c3ccc(C(F)(F)F)cn3)C2)c1. The molecule has 0 radical (unpaired) electrons. The Hall–Kier alpha value is -2.41. The summed E-state index contributed by atoms with van der Waals surface area (Å²) in [6, 6.07) is 10.2. The molecule has 0 spiro atoms. The second kappa shape index (κ2) is 8.08. The molecule has 0 aliphatic carbocycles. The molecule has 1 aliphatic heterocycles. The highest BCUT2D eigenvalue weighted by atomic mass is 19.4. The van der Waals surface area contributed by atoms with E-state index in [0.717, 1.165) is 37.2 Å². The molecule has 1 atom stereocenters. The number of carbonyl (C=O) groups excluding carboxylic acids is 1. The Kier molecular flexibility index (Phi) is 5.79. The van der Waals surface area contributed by atoms with E-state index in [1.165, 1.54) is 6.07 Å². The molecule has 1 unspecified atom stereocenters. The Morgan fingerprint density at radius 2 is 2.11 bits per heavy atom. The molecule has 7 heteroatoms. The molecule has 1 saturated heterocycles. The molecule has 27 heavy (non-hydrogen) atoms. The number of piperidine rings is 1. The Balaban J connectivity index is 1.59. The molecule has 1 fully saturated rings. The molecule has 3 rings (SSSR count). The highest BCUT2D eigenvalue weighted by Gasteiger charge is 2.31. The first kappa shape index (κ1) is 19.4. The molecule has 0 bridgehead atoms. The van der Waals surface area contributed by atoms with Crippen molar-refractivity contribution in [2.45, 2.75) is 38.5 Å². The van der Waals surface area contributed by atoms with Crippen LogP contribution in [0.25, 0.3) is 0 Å². The summed E-state index contributed by atoms with van der Waals surface area (Å²) in [7, 11) is 0. The van der Waals surface area contributed by atoms with E-state index in [9.17, 15) is 18.0 Å². The van der Waals surface area contributed by atoms with Crippen molar-refractivity contribution in [3.63, 3.8) is 0 Å². The van der Waals surface area contributed by atoms with Gasteiger partial charge in [0.15, 0.2) is 5.78 Å². The van der Waals surface area contributed by atoms with Gasteiger partial charge in [0.2, 0.25) is 0 Å². The van der Waals surface area contributed by atoms with E-state index in [-0.39, 0.29) is 11.8 Å². The average Bonchev–Trinajstić information content (AvgIpc) is 2.66. The average molecular weight is 377 g/mol. The lowest BCUT2D eigenvalue weighted by Gasteiger charge is -2.34. The number of Topliss-reactive ketones (excluding diaryl/α,β-unsaturated/α-hetero) is 1. The van der Waals surface area contributed by atoms with Gasteiger partial charge in [-0.25, -0.2) is 4.98 Å². The minimum absolute atomic E-state index is 0.0362. The third kappa shape index (κ3) is 5.07. The number of nitrogens with one attached hydrogen (secondary N) is 1. The van der Waals surface area contributed by atoms with Crippen molar-refractivity contribution in [1.82, 2.24) is 10.3 Å². The lowest BCUT2D eigenvalue weighted by molar-refractivity contribution is -0.137. The molecule has 0 saturated carbocycles. The molecule has 2 aromatic rings. The maximum absolute atomic E-state index is 12.7. The molecule has 0 amide bonds. The van der Waals surface area contributed by atoms with Crippen LogP contribution >= 0.6 is 0 Å². The van der Waals surface area contributed by atoms with Crippen molar-refractivity contribution < 1.29 is 18.0 Å². The predicted molar refractivity (Wildman–Crippen MR) is 97.8 cm³/mol. The van der Waals surface area contributed by atoms with Crippen LogP contribution in [-0.4, -0.2) is 29.9 Å². The summed E-state index contributed by atoms with van der Waals surface area (Å²) in [4.78, 5) is 17.5. The third-order valence-electron chi connectivity index (χ3n) is 4.75. The topological polar surface area (TPSA) is 45.2 Å². The lowest BCUT2D eigenvalue weighted by atomic mass is 10.0. The Labute approximate surface area is 156 Å². The van der Waals surface area contributed by atoms with Crippen molar-refractivity contribution >= 4 is 11.6 Å². The Morgan fingerprint density at radius 3 is 2.78 bits per heavy atom. The van der Waals surface area contributed by atoms with Crippen LogP contribution in [0.3, 0.4) is 0 Å². The summed E-state index contributed by atoms with van der Waals surface area (Å²) in [5, 5.41) is 3.48. The van der Waals surface area contributed by atoms with Crippen molar-refractivity contribution in [1.29, 1.82) is 0 Å². The smallest absolute Gasteiger partial charge is 0.355 e. The van der Waals surface area contributed by atoms with E-state index in [1.54, 1.807) is 13.0 Å². The molecular formula is C20H22F3N3O. The van der Waals surface area contributed by atoms with Crippen LogP contribution in [0.5, 0.6) is 0 Å². The van der Waals surface area contributed by atoms with Crippen molar-refractivity contribution in [3.05, 3.63) is 59.3 Å². The van der Waals surface area contributed by atoms with Gasteiger partial charge in [0.1, 0.15) is 5.82 Å². The Morgan fingerprint density at radius 1 is 1.30 bits per heavy atom. The number of carbonyl (C=O) groups is 1. The number of ketones is 1. The minimum atomic E-state index is -4.37. The zero-order valence-corrected chi connectivity index (χ0v) is 15.1. The summed E-state index contributed by atoms with van der Waals surface area (Å²) in [6.45, 7) is 3.64. The summed E-state index contributed by atoms with van der Waals surface area (Å²) < 4.78 is 38.0. The van der Waals surface area contributed by atoms with Crippen LogP contribution in [0.15, 0.2) is 42.6 Å². The quantitative estimate of drug-likeness (QED) is 0.798. The van der Waals surface area contributed by atoms with Gasteiger partial charge in [-0.3, -0.25) is 4.79 Å². The van der Waals surface area contributed by atoms with Gasteiger partial charge >= 0.3 is 6.18 Å². The number of halogens is 3. The number of benzene rings is 1. The highest BCUT2D eigenvalue weighted by molar-refractivity contribution is 5.94. The number of nitrogens with zero attached hydrogens (tertiary/aromatic N) is 2. The van der Waals surface area contributed by atoms with Gasteiger partial charge in [0.25, 0.3) is 0 Å². The van der Waals surface area contributed by atoms with Crippen molar-refractivity contribution in [3.8, 4) is 0 Å². The molecular weight excluding hydrogens is 355 g/mol. The molecule has 1 aromatic heterocycles. The molecule has 1 aliphatic rings. The zero-order chi connectivity index (χ0) is 19.4. The van der Waals surface area contributed by atoms with E-state index < -0.39 is 11.7 Å². The van der Waals surface area contributed by atoms with Crippen LogP contribution in [-0.2, 0) is 12.7 Å². The van der Waals surface area contributed by atoms with Gasteiger partial charge in [0, 0.05) is 37.4 Å². The van der Waals surface area contributed by atoms with Crippen LogP contribution < -0.4 is 10.2 Å². The minimum Gasteiger partial charge on any atom is -0.355 e. The van der Waals surface area contributed by atoms with E-state index in [4.69, 9.17) is 0 Å². The number of anilines is 1. The standard InChI is InChI=1S/C20H22F3N3O/c1-14(27)16-5-2-4-15(10-16)11-24-18-6-3-9-26(13-18)19-8-7-17(12-25-19)20(21,22)23/h2,4-5,7-8,10,12,18,24H,3,6,9,11,13H2,1H3. The second-order valence-electron chi connectivity index (χ2n) is 6.83. The van der Waals surface area contributed by atoms with Crippen LogP contribution in [0.4, 0.5) is 19.0 Å². The first-order chi connectivity index (χ1) is 12.8. The maximum atomic E-state index is 12.7. The zero-order valence-electron chi connectivity index (χ0n) is 15.1. The van der Waals surface area contributed by atoms with E-state index in [2.05, 4.69) is 10.3 Å². The number of aromatic nitrogens is 1. The summed E-state index contributed by atoms with van der Waals surface area (Å²) in [5.74, 6) is 0.599. The molecule has 1 aromatic carbocycles. The first-order valence-electron chi connectivity index (χ1n) is 8.94. The summed E-state index contributed by atoms with van der Waals surface area (Å²) >= 11 is 0. The van der Waals surface area contributed by atoms with Gasteiger partial charge in [-0.05, 0) is 43.5 Å². The lowest BCUT2D eigenvalue weighted by Crippen LogP contribution is -2.45. The van der Waals surface area contributed by atoms with Crippen molar-refractivity contribution in [2.24, 2.45) is 0 Å². The normalized spacial score (nSPS) is 17.8. The largest absolute Gasteiger partial charge is 0.417 e. The second-order valence-corrected chi connectivity index (χ2v) is 6.83. The maximum Gasteiger partial charge on any atom is 0.417 e. The molecule has 2 heterocycles. The van der Waals surface area contributed by atoms with Gasteiger partial charge in [-0.1, -0.05) is 18.2 Å². The molecule has 4 nitrogen and oxygen atoms in total. The fourth-order valence-corrected chi connectivity index (χ4v) is 3.26. The van der Waals surface area contributed by atoms with Gasteiger partial charge in [-0.15, -0.1) is 0 Å². The predicted octanol–water partition coefficient (Wildman–Crippen LogP) is 4.06. The van der Waals surface area contributed by atoms with Gasteiger partial charge < -0.3 is 10.2 Å². The number of hydrogen-bond acceptors (Lipinski definition) is 4. The number of rotatable bonds is 5. The summed E-state index contributed by atoms with van der Waals surface area (Å²) in [6.07, 6.45) is -1.55. The molecule has 1 N–H and O–H groups in total. The summed E-state index contributed by atoms with van der Waals surface area (Å²) in [5.41, 5.74) is 0.990. The van der Waals surface area contributed by atoms with E-state index in [0.29, 0.717) is 24.5 Å². The highest BCUT2D eigenvalue weighted by Crippen LogP contribution is 2.29. The number of hydrogen-bond donors (Lipinski definition) is 1. The fraction of sp³-hybridized carbons (Fsp3) is 0.400. The van der Waals surface area contributed by atoms with Gasteiger partial charge in [-0.2, -0.15) is 13.2 Å². The van der Waals surface area contributed by atoms with Crippen LogP contribution in [0, 0.1) is 0 Å². The number of alkyl halides is 3. The monoisotopic (exact) mass is 377 g/mol. The number of pyridine rings is 1. The molecule has 144 valence electrons. The van der Waals surface area contributed by atoms with Crippen LogP contribution in [0.1, 0.15) is 41.3 Å². The van der Waals surface area contributed by atoms with Gasteiger partial charge in [0.05, 0.1) is 5.56 Å². The van der Waals surface area contributed by atoms with Crippen molar-refractivity contribution in [2.75, 3.05) is 18.0 Å². The fourth-order valence-electron chi connectivity index (χ4n) is 3.26.